The molecular formula is C8H11N5S. The maximum atomic E-state index is 5.98. The van der Waals surface area contributed by atoms with E-state index in [1.165, 1.54) is 11.5 Å². The van der Waals surface area contributed by atoms with Crippen LogP contribution in [0.4, 0.5) is 0 Å². The molecule has 0 saturated carbocycles. The molecule has 0 aliphatic carbocycles. The van der Waals surface area contributed by atoms with Gasteiger partial charge >= 0.3 is 0 Å². The normalized spacial score (nSPS) is 13.0. The second-order valence-electron chi connectivity index (χ2n) is 2.94. The molecule has 0 amide bonds. The van der Waals surface area contributed by atoms with Crippen LogP contribution in [0.3, 0.4) is 0 Å². The Bertz CT molecular complexity index is 394. The van der Waals surface area contributed by atoms with Crippen LogP contribution in [0.2, 0.25) is 0 Å². The summed E-state index contributed by atoms with van der Waals surface area (Å²) in [5.41, 5.74) is 7.75. The fourth-order valence-electron chi connectivity index (χ4n) is 1.19. The minimum Gasteiger partial charge on any atom is -0.319 e. The average Bonchev–Trinajstić information content (AvgIpc) is 2.88. The summed E-state index contributed by atoms with van der Waals surface area (Å²) >= 11 is 1.31. The van der Waals surface area contributed by atoms with Gasteiger partial charge in [0.15, 0.2) is 0 Å². The van der Waals surface area contributed by atoms with Crippen LogP contribution in [0.25, 0.3) is 0 Å². The lowest BCUT2D eigenvalue weighted by Crippen LogP contribution is -2.11. The SMILES string of the molecule is CCn1cc(C(N)c2csnn2)cn1. The van der Waals surface area contributed by atoms with Crippen LogP contribution in [-0.2, 0) is 6.54 Å². The molecule has 1 unspecified atom stereocenters. The zero-order chi connectivity index (χ0) is 9.97. The summed E-state index contributed by atoms with van der Waals surface area (Å²) in [6.07, 6.45) is 3.71. The van der Waals surface area contributed by atoms with E-state index in [1.807, 2.05) is 23.2 Å². The molecular weight excluding hydrogens is 198 g/mol. The van der Waals surface area contributed by atoms with Gasteiger partial charge in [0, 0.05) is 23.7 Å². The van der Waals surface area contributed by atoms with Gasteiger partial charge in [-0.05, 0) is 18.5 Å². The van der Waals surface area contributed by atoms with Gasteiger partial charge in [0.1, 0.15) is 0 Å². The van der Waals surface area contributed by atoms with E-state index in [2.05, 4.69) is 14.7 Å². The lowest BCUT2D eigenvalue weighted by molar-refractivity contribution is 0.658. The molecule has 14 heavy (non-hydrogen) atoms. The van der Waals surface area contributed by atoms with Crippen molar-refractivity contribution in [2.45, 2.75) is 19.5 Å². The highest BCUT2D eigenvalue weighted by Gasteiger charge is 2.13. The molecule has 2 aromatic rings. The van der Waals surface area contributed by atoms with Crippen molar-refractivity contribution < 1.29 is 0 Å². The number of hydrogen-bond donors (Lipinski definition) is 1. The van der Waals surface area contributed by atoms with Crippen LogP contribution < -0.4 is 5.73 Å². The van der Waals surface area contributed by atoms with Crippen molar-refractivity contribution in [3.63, 3.8) is 0 Å². The van der Waals surface area contributed by atoms with E-state index < -0.39 is 0 Å². The molecule has 2 N–H and O–H groups in total. The van der Waals surface area contributed by atoms with E-state index in [-0.39, 0.29) is 6.04 Å². The van der Waals surface area contributed by atoms with Gasteiger partial charge in [-0.2, -0.15) is 5.10 Å². The van der Waals surface area contributed by atoms with Crippen LogP contribution >= 0.6 is 11.5 Å². The lowest BCUT2D eigenvalue weighted by atomic mass is 10.1. The van der Waals surface area contributed by atoms with E-state index >= 15 is 0 Å². The van der Waals surface area contributed by atoms with E-state index in [0.717, 1.165) is 17.8 Å². The molecule has 2 rings (SSSR count). The minimum absolute atomic E-state index is 0.214. The van der Waals surface area contributed by atoms with Crippen molar-refractivity contribution in [2.75, 3.05) is 0 Å². The Balaban J connectivity index is 2.23. The fourth-order valence-corrected chi connectivity index (χ4v) is 1.68. The molecule has 2 aromatic heterocycles. The summed E-state index contributed by atoms with van der Waals surface area (Å²) in [6, 6.07) is -0.214. The quantitative estimate of drug-likeness (QED) is 0.811. The van der Waals surface area contributed by atoms with Crippen LogP contribution in [-0.4, -0.2) is 19.4 Å². The Morgan fingerprint density at radius 3 is 3.07 bits per heavy atom. The molecule has 0 aliphatic rings. The first-order valence-corrected chi connectivity index (χ1v) is 5.19. The van der Waals surface area contributed by atoms with Gasteiger partial charge in [-0.15, -0.1) is 5.10 Å². The van der Waals surface area contributed by atoms with Gasteiger partial charge in [-0.25, -0.2) is 0 Å². The van der Waals surface area contributed by atoms with Crippen molar-refractivity contribution >= 4 is 11.5 Å². The summed E-state index contributed by atoms with van der Waals surface area (Å²) < 4.78 is 5.62. The van der Waals surface area contributed by atoms with Crippen molar-refractivity contribution in [3.05, 3.63) is 29.0 Å². The number of aromatic nitrogens is 4. The van der Waals surface area contributed by atoms with Gasteiger partial charge in [0.25, 0.3) is 0 Å². The van der Waals surface area contributed by atoms with Gasteiger partial charge in [-0.3, -0.25) is 4.68 Å². The smallest absolute Gasteiger partial charge is 0.0969 e. The minimum atomic E-state index is -0.214. The van der Waals surface area contributed by atoms with Gasteiger partial charge in [0.2, 0.25) is 0 Å². The van der Waals surface area contributed by atoms with E-state index in [0.29, 0.717) is 0 Å². The highest BCUT2D eigenvalue weighted by molar-refractivity contribution is 7.03. The first-order valence-electron chi connectivity index (χ1n) is 4.36. The number of hydrogen-bond acceptors (Lipinski definition) is 5. The summed E-state index contributed by atoms with van der Waals surface area (Å²) in [5, 5.41) is 9.95. The Kier molecular flexibility index (Phi) is 2.55. The summed E-state index contributed by atoms with van der Waals surface area (Å²) in [6.45, 7) is 2.88. The topological polar surface area (TPSA) is 69.6 Å². The van der Waals surface area contributed by atoms with E-state index in [4.69, 9.17) is 5.73 Å². The zero-order valence-electron chi connectivity index (χ0n) is 7.79. The maximum Gasteiger partial charge on any atom is 0.0969 e. The highest BCUT2D eigenvalue weighted by Crippen LogP contribution is 2.17. The Morgan fingerprint density at radius 2 is 2.50 bits per heavy atom. The van der Waals surface area contributed by atoms with Crippen LogP contribution in [0.1, 0.15) is 24.2 Å². The second kappa shape index (κ2) is 3.85. The second-order valence-corrected chi connectivity index (χ2v) is 3.55. The third-order valence-corrected chi connectivity index (χ3v) is 2.55. The predicted octanol–water partition coefficient (Wildman–Crippen LogP) is 0.803. The van der Waals surface area contributed by atoms with Crippen molar-refractivity contribution in [2.24, 2.45) is 5.73 Å². The van der Waals surface area contributed by atoms with Crippen LogP contribution in [0, 0.1) is 0 Å². The lowest BCUT2D eigenvalue weighted by Gasteiger charge is -2.03. The molecule has 0 spiro atoms. The first-order chi connectivity index (χ1) is 6.81. The van der Waals surface area contributed by atoms with Crippen LogP contribution in [0.15, 0.2) is 17.8 Å². The molecule has 2 heterocycles. The van der Waals surface area contributed by atoms with Crippen molar-refractivity contribution in [1.82, 2.24) is 19.4 Å². The maximum absolute atomic E-state index is 5.98. The summed E-state index contributed by atoms with van der Waals surface area (Å²) in [7, 11) is 0. The highest BCUT2D eigenvalue weighted by atomic mass is 32.1. The standard InChI is InChI=1S/C8H11N5S/c1-2-13-4-6(3-10-13)8(9)7-5-14-12-11-7/h3-5,8H,2,9H2,1H3. The molecule has 6 heteroatoms. The van der Waals surface area contributed by atoms with E-state index in [1.54, 1.807) is 6.20 Å². The Hall–Kier alpha value is -1.27. The zero-order valence-corrected chi connectivity index (χ0v) is 8.61. The third-order valence-electron chi connectivity index (χ3n) is 2.03. The number of nitrogens with zero attached hydrogens (tertiary/aromatic N) is 4. The van der Waals surface area contributed by atoms with E-state index in [9.17, 15) is 0 Å². The number of rotatable bonds is 3. The average molecular weight is 209 g/mol. The fraction of sp³-hybridized carbons (Fsp3) is 0.375. The molecule has 5 nitrogen and oxygen atoms in total. The molecule has 0 bridgehead atoms. The summed E-state index contributed by atoms with van der Waals surface area (Å²) in [4.78, 5) is 0. The van der Waals surface area contributed by atoms with Gasteiger partial charge in [-0.1, -0.05) is 4.49 Å². The first kappa shape index (κ1) is 9.29. The van der Waals surface area contributed by atoms with Crippen molar-refractivity contribution in [1.29, 1.82) is 0 Å². The summed E-state index contributed by atoms with van der Waals surface area (Å²) in [5.74, 6) is 0. The Labute approximate surface area is 85.7 Å². The van der Waals surface area contributed by atoms with Crippen LogP contribution in [0.5, 0.6) is 0 Å². The molecule has 74 valence electrons. The molecule has 1 atom stereocenters. The number of nitrogens with two attached hydrogens (primary N) is 1. The largest absolute Gasteiger partial charge is 0.319 e. The van der Waals surface area contributed by atoms with Gasteiger partial charge < -0.3 is 5.73 Å². The predicted molar refractivity (Wildman–Crippen MR) is 53.8 cm³/mol. The molecule has 0 aromatic carbocycles. The molecule has 0 fully saturated rings. The monoisotopic (exact) mass is 209 g/mol. The third kappa shape index (κ3) is 1.66. The Morgan fingerprint density at radius 1 is 1.64 bits per heavy atom. The number of aryl methyl sites for hydroxylation is 1. The molecule has 0 radical (unpaired) electrons. The van der Waals surface area contributed by atoms with Gasteiger partial charge in [0.05, 0.1) is 17.9 Å². The van der Waals surface area contributed by atoms with Crippen molar-refractivity contribution in [3.8, 4) is 0 Å². The molecule has 0 saturated heterocycles. The molecule has 0 aliphatic heterocycles.